The number of aryl methyl sites for hydroxylation is 1. The molecule has 2 N–H and O–H groups in total. The van der Waals surface area contributed by atoms with Gasteiger partial charge in [-0.25, -0.2) is 0 Å². The molecule has 0 aliphatic carbocycles. The summed E-state index contributed by atoms with van der Waals surface area (Å²) in [5.74, 6) is 0.220. The van der Waals surface area contributed by atoms with Gasteiger partial charge >= 0.3 is 6.18 Å². The maximum atomic E-state index is 12.3. The van der Waals surface area contributed by atoms with E-state index >= 15 is 0 Å². The van der Waals surface area contributed by atoms with E-state index in [9.17, 15) is 18.0 Å². The number of nitrogens with zero attached hydrogens (tertiary/aromatic N) is 1. The van der Waals surface area contributed by atoms with Crippen LogP contribution in [-0.2, 0) is 11.3 Å². The van der Waals surface area contributed by atoms with Crippen molar-refractivity contribution in [2.75, 3.05) is 6.54 Å². The predicted molar refractivity (Wildman–Crippen MR) is 70.4 cm³/mol. The van der Waals surface area contributed by atoms with E-state index in [-0.39, 0.29) is 12.5 Å². The highest BCUT2D eigenvalue weighted by Crippen LogP contribution is 2.14. The molecule has 0 unspecified atom stereocenters. The molecule has 120 valence electrons. The van der Waals surface area contributed by atoms with Crippen molar-refractivity contribution in [1.29, 1.82) is 0 Å². The number of rotatable bonds is 7. The first kappa shape index (κ1) is 17.5. The average Bonchev–Trinajstić information content (AvgIpc) is 2.76. The number of aromatic nitrogens is 1. The van der Waals surface area contributed by atoms with Crippen LogP contribution >= 0.6 is 0 Å². The Bertz CT molecular complexity index is 458. The van der Waals surface area contributed by atoms with E-state index in [1.165, 1.54) is 0 Å². The molecule has 0 radical (unpaired) electrons. The Kier molecular flexibility index (Phi) is 6.19. The standard InChI is InChI=1S/C13H20F3N3O2/c1-8(2)4-11(18-7-13(14,15)16)12(20)17-6-10-5-9(3)21-19-10/h5,8,11,18H,4,6-7H2,1-3H3,(H,17,20)/t11-/m0/s1. The minimum Gasteiger partial charge on any atom is -0.361 e. The summed E-state index contributed by atoms with van der Waals surface area (Å²) in [6.45, 7) is 4.33. The molecule has 0 spiro atoms. The fourth-order valence-electron chi connectivity index (χ4n) is 1.80. The zero-order valence-corrected chi connectivity index (χ0v) is 12.3. The maximum Gasteiger partial charge on any atom is 0.401 e. The fourth-order valence-corrected chi connectivity index (χ4v) is 1.80. The van der Waals surface area contributed by atoms with Crippen molar-refractivity contribution in [2.24, 2.45) is 5.92 Å². The van der Waals surface area contributed by atoms with Gasteiger partial charge in [-0.15, -0.1) is 0 Å². The number of amides is 1. The Labute approximate surface area is 121 Å². The number of nitrogens with one attached hydrogen (secondary N) is 2. The number of alkyl halides is 3. The first-order chi connectivity index (χ1) is 9.67. The Morgan fingerprint density at radius 2 is 2.10 bits per heavy atom. The van der Waals surface area contributed by atoms with Gasteiger partial charge in [0.25, 0.3) is 0 Å². The van der Waals surface area contributed by atoms with Crippen LogP contribution in [-0.4, -0.2) is 29.8 Å². The van der Waals surface area contributed by atoms with Gasteiger partial charge < -0.3 is 9.84 Å². The molecule has 1 aromatic heterocycles. The van der Waals surface area contributed by atoms with E-state index < -0.39 is 24.7 Å². The van der Waals surface area contributed by atoms with Crippen molar-refractivity contribution in [3.8, 4) is 0 Å². The average molecular weight is 307 g/mol. The van der Waals surface area contributed by atoms with Gasteiger partial charge in [0.2, 0.25) is 5.91 Å². The van der Waals surface area contributed by atoms with E-state index in [0.717, 1.165) is 0 Å². The second kappa shape index (κ2) is 7.44. The largest absolute Gasteiger partial charge is 0.401 e. The van der Waals surface area contributed by atoms with Gasteiger partial charge in [0.1, 0.15) is 11.5 Å². The molecule has 0 saturated heterocycles. The molecular weight excluding hydrogens is 287 g/mol. The molecule has 21 heavy (non-hydrogen) atoms. The molecule has 0 aromatic carbocycles. The van der Waals surface area contributed by atoms with Crippen LogP contribution in [0.3, 0.4) is 0 Å². The van der Waals surface area contributed by atoms with E-state index in [1.807, 2.05) is 13.8 Å². The van der Waals surface area contributed by atoms with Crippen LogP contribution in [0.15, 0.2) is 10.6 Å². The molecule has 0 saturated carbocycles. The normalized spacial score (nSPS) is 13.5. The van der Waals surface area contributed by atoms with Crippen LogP contribution in [0.2, 0.25) is 0 Å². The lowest BCUT2D eigenvalue weighted by Crippen LogP contribution is -2.47. The summed E-state index contributed by atoms with van der Waals surface area (Å²) in [4.78, 5) is 12.0. The van der Waals surface area contributed by atoms with Gasteiger partial charge in [0.15, 0.2) is 0 Å². The molecule has 1 atom stereocenters. The molecule has 1 aromatic rings. The SMILES string of the molecule is Cc1cc(CNC(=O)[C@H](CC(C)C)NCC(F)(F)F)no1. The van der Waals surface area contributed by atoms with Crippen LogP contribution in [0, 0.1) is 12.8 Å². The van der Waals surface area contributed by atoms with Crippen molar-refractivity contribution in [3.05, 3.63) is 17.5 Å². The summed E-state index contributed by atoms with van der Waals surface area (Å²) >= 11 is 0. The highest BCUT2D eigenvalue weighted by molar-refractivity contribution is 5.81. The van der Waals surface area contributed by atoms with Crippen LogP contribution in [0.4, 0.5) is 13.2 Å². The highest BCUT2D eigenvalue weighted by atomic mass is 19.4. The van der Waals surface area contributed by atoms with Crippen molar-refractivity contribution in [3.63, 3.8) is 0 Å². The highest BCUT2D eigenvalue weighted by Gasteiger charge is 2.30. The minimum atomic E-state index is -4.35. The Morgan fingerprint density at radius 3 is 2.57 bits per heavy atom. The summed E-state index contributed by atoms with van der Waals surface area (Å²) in [5.41, 5.74) is 0.528. The lowest BCUT2D eigenvalue weighted by molar-refractivity contribution is -0.132. The smallest absolute Gasteiger partial charge is 0.361 e. The Balaban J connectivity index is 2.53. The third-order valence-electron chi connectivity index (χ3n) is 2.69. The molecule has 1 amide bonds. The number of hydrogen-bond donors (Lipinski definition) is 2. The van der Waals surface area contributed by atoms with Crippen LogP contribution in [0.5, 0.6) is 0 Å². The van der Waals surface area contributed by atoms with Crippen molar-refractivity contribution in [1.82, 2.24) is 15.8 Å². The molecule has 0 aliphatic rings. The second-order valence-electron chi connectivity index (χ2n) is 5.32. The molecule has 1 rings (SSSR count). The molecular formula is C13H20F3N3O2. The van der Waals surface area contributed by atoms with Crippen molar-refractivity contribution in [2.45, 2.75) is 46.0 Å². The van der Waals surface area contributed by atoms with Gasteiger partial charge in [0, 0.05) is 6.07 Å². The molecule has 1 heterocycles. The van der Waals surface area contributed by atoms with Crippen molar-refractivity contribution >= 4 is 5.91 Å². The zero-order valence-electron chi connectivity index (χ0n) is 12.3. The first-order valence-corrected chi connectivity index (χ1v) is 6.67. The third kappa shape index (κ3) is 7.12. The van der Waals surface area contributed by atoms with Gasteiger partial charge in [0.05, 0.1) is 19.1 Å². The molecule has 0 aliphatic heterocycles. The van der Waals surface area contributed by atoms with Gasteiger partial charge in [-0.2, -0.15) is 13.2 Å². The lowest BCUT2D eigenvalue weighted by Gasteiger charge is -2.20. The van der Waals surface area contributed by atoms with Gasteiger partial charge in [-0.05, 0) is 19.3 Å². The maximum absolute atomic E-state index is 12.3. The molecule has 0 bridgehead atoms. The summed E-state index contributed by atoms with van der Waals surface area (Å²) in [6, 6.07) is 0.764. The predicted octanol–water partition coefficient (Wildman–Crippen LogP) is 2.17. The van der Waals surface area contributed by atoms with Crippen molar-refractivity contribution < 1.29 is 22.5 Å². The lowest BCUT2D eigenvalue weighted by atomic mass is 10.0. The molecule has 0 fully saturated rings. The molecule has 5 nitrogen and oxygen atoms in total. The first-order valence-electron chi connectivity index (χ1n) is 6.67. The number of carbonyl (C=O) groups excluding carboxylic acids is 1. The monoisotopic (exact) mass is 307 g/mol. The van der Waals surface area contributed by atoms with Gasteiger partial charge in [-0.1, -0.05) is 19.0 Å². The summed E-state index contributed by atoms with van der Waals surface area (Å²) in [7, 11) is 0. The summed E-state index contributed by atoms with van der Waals surface area (Å²) in [6.07, 6.45) is -4.03. The van der Waals surface area contributed by atoms with Crippen LogP contribution in [0.25, 0.3) is 0 Å². The number of hydrogen-bond acceptors (Lipinski definition) is 4. The van der Waals surface area contributed by atoms with Crippen LogP contribution in [0.1, 0.15) is 31.7 Å². The van der Waals surface area contributed by atoms with E-state index in [0.29, 0.717) is 17.9 Å². The van der Waals surface area contributed by atoms with Crippen LogP contribution < -0.4 is 10.6 Å². The summed E-state index contributed by atoms with van der Waals surface area (Å²) < 4.78 is 41.6. The van der Waals surface area contributed by atoms with E-state index in [4.69, 9.17) is 4.52 Å². The van der Waals surface area contributed by atoms with E-state index in [1.54, 1.807) is 13.0 Å². The molecule has 8 heteroatoms. The fraction of sp³-hybridized carbons (Fsp3) is 0.692. The third-order valence-corrected chi connectivity index (χ3v) is 2.69. The number of carbonyl (C=O) groups is 1. The number of halogens is 3. The summed E-state index contributed by atoms with van der Waals surface area (Å²) in [5, 5.41) is 8.52. The Hall–Kier alpha value is -1.57. The second-order valence-corrected chi connectivity index (χ2v) is 5.32. The van der Waals surface area contributed by atoms with E-state index in [2.05, 4.69) is 15.8 Å². The quantitative estimate of drug-likeness (QED) is 0.810. The van der Waals surface area contributed by atoms with Gasteiger partial charge in [-0.3, -0.25) is 10.1 Å². The topological polar surface area (TPSA) is 67.2 Å². The minimum absolute atomic E-state index is 0.0933. The Morgan fingerprint density at radius 1 is 1.43 bits per heavy atom. The zero-order chi connectivity index (χ0) is 16.0.